The van der Waals surface area contributed by atoms with Gasteiger partial charge in [0.25, 0.3) is 0 Å². The van der Waals surface area contributed by atoms with Crippen LogP contribution in [0.25, 0.3) is 11.2 Å². The molecule has 4 rings (SSSR count). The minimum absolute atomic E-state index is 0.0330. The van der Waals surface area contributed by atoms with Crippen LogP contribution in [0.15, 0.2) is 36.9 Å². The largest absolute Gasteiger partial charge is 0.448 e. The summed E-state index contributed by atoms with van der Waals surface area (Å²) < 4.78 is 12.8. The van der Waals surface area contributed by atoms with Crippen LogP contribution in [0.1, 0.15) is 32.6 Å². The van der Waals surface area contributed by atoms with Gasteiger partial charge < -0.3 is 30.3 Å². The van der Waals surface area contributed by atoms with Gasteiger partial charge in [-0.15, -0.1) is 0 Å². The van der Waals surface area contributed by atoms with Gasteiger partial charge in [0.05, 0.1) is 6.33 Å². The van der Waals surface area contributed by atoms with Crippen LogP contribution >= 0.6 is 0 Å². The molecule has 1 aliphatic heterocycles. The number of likely N-dealkylation sites (N-methyl/N-ethyl adjacent to an activating group) is 1. The maximum atomic E-state index is 12.1. The maximum Gasteiger partial charge on any atom is 0.411 e. The Balaban J connectivity index is 1.25. The summed E-state index contributed by atoms with van der Waals surface area (Å²) in [5.41, 5.74) is 8.48. The molecular weight excluding hydrogens is 466 g/mol. The fraction of sp³-hybridized carbons (Fsp3) is 0.500. The molecule has 4 atom stereocenters. The molecule has 1 aliphatic rings. The highest BCUT2D eigenvalue weighted by molar-refractivity contribution is 5.84. The quantitative estimate of drug-likeness (QED) is 0.375. The molecule has 0 aliphatic carbocycles. The molecule has 0 saturated carbocycles. The predicted octanol–water partition coefficient (Wildman–Crippen LogP) is 1.51. The first-order valence-electron chi connectivity index (χ1n) is 11.7. The van der Waals surface area contributed by atoms with Crippen molar-refractivity contribution in [1.29, 1.82) is 0 Å². The van der Waals surface area contributed by atoms with Crippen LogP contribution in [0.2, 0.25) is 0 Å². The zero-order valence-electron chi connectivity index (χ0n) is 20.8. The number of imidazole rings is 1. The fourth-order valence-electron chi connectivity index (χ4n) is 4.07. The second-order valence-electron chi connectivity index (χ2n) is 9.98. The van der Waals surface area contributed by atoms with Gasteiger partial charge in [0, 0.05) is 18.8 Å². The third-order valence-corrected chi connectivity index (χ3v) is 6.19. The van der Waals surface area contributed by atoms with Crippen molar-refractivity contribution < 1.29 is 24.5 Å². The Morgan fingerprint density at radius 1 is 1.19 bits per heavy atom. The van der Waals surface area contributed by atoms with Gasteiger partial charge in [0.1, 0.15) is 36.8 Å². The average Bonchev–Trinajstić information content (AvgIpc) is 3.36. The Morgan fingerprint density at radius 2 is 1.92 bits per heavy atom. The maximum absolute atomic E-state index is 12.1. The molecule has 36 heavy (non-hydrogen) atoms. The van der Waals surface area contributed by atoms with Crippen LogP contribution in [0, 0.1) is 0 Å². The monoisotopic (exact) mass is 499 g/mol. The van der Waals surface area contributed by atoms with E-state index >= 15 is 0 Å². The highest BCUT2D eigenvalue weighted by Crippen LogP contribution is 2.32. The lowest BCUT2D eigenvalue weighted by Gasteiger charge is -2.22. The van der Waals surface area contributed by atoms with E-state index in [4.69, 9.17) is 15.2 Å². The van der Waals surface area contributed by atoms with Crippen LogP contribution in [0.5, 0.6) is 0 Å². The van der Waals surface area contributed by atoms with E-state index in [0.29, 0.717) is 29.9 Å². The number of anilines is 2. The van der Waals surface area contributed by atoms with Gasteiger partial charge in [-0.3, -0.25) is 9.88 Å². The third-order valence-electron chi connectivity index (χ3n) is 6.19. The van der Waals surface area contributed by atoms with E-state index in [1.54, 1.807) is 0 Å². The molecule has 5 N–H and O–H groups in total. The molecule has 1 fully saturated rings. The molecule has 1 aromatic carbocycles. The van der Waals surface area contributed by atoms with Crippen molar-refractivity contribution in [2.75, 3.05) is 37.8 Å². The molecular formula is C24H33N7O5. The number of carbonyl (C=O) groups is 1. The van der Waals surface area contributed by atoms with Gasteiger partial charge >= 0.3 is 6.09 Å². The number of aromatic nitrogens is 4. The normalized spacial score (nSPS) is 22.3. The highest BCUT2D eigenvalue weighted by Gasteiger charge is 2.44. The molecule has 12 nitrogen and oxygen atoms in total. The first kappa shape index (κ1) is 25.8. The first-order valence-corrected chi connectivity index (χ1v) is 11.7. The molecule has 0 spiro atoms. The van der Waals surface area contributed by atoms with E-state index in [0.717, 1.165) is 0 Å². The number of nitrogen functional groups attached to an aromatic ring is 1. The molecule has 1 amide bonds. The van der Waals surface area contributed by atoms with Crippen molar-refractivity contribution in [3.05, 3.63) is 42.5 Å². The van der Waals surface area contributed by atoms with Gasteiger partial charge in [0.2, 0.25) is 0 Å². The third kappa shape index (κ3) is 5.57. The standard InChI is InChI=1S/C24H33N7O5/c1-24(2,3)14-5-7-15(8-6-14)29-23(34)35-10-9-30(4)11-16-18(32)19(33)22(36-16)31-13-28-17-20(25)26-12-27-21(17)31/h5-8,12-13,16,18-19,22,32-33H,9-11H2,1-4H3,(H,29,34)(H2,25,26,27)/t16-,18-,19-,22?/m1/s1. The fourth-order valence-corrected chi connectivity index (χ4v) is 4.07. The number of aliphatic hydroxyl groups excluding tert-OH is 2. The van der Waals surface area contributed by atoms with Crippen molar-refractivity contribution in [3.8, 4) is 0 Å². The molecule has 1 unspecified atom stereocenters. The number of rotatable bonds is 7. The summed E-state index contributed by atoms with van der Waals surface area (Å²) in [5.74, 6) is 0.217. The minimum Gasteiger partial charge on any atom is -0.448 e. The number of nitrogens with two attached hydrogens (primary N) is 1. The summed E-state index contributed by atoms with van der Waals surface area (Å²) in [7, 11) is 1.81. The number of ether oxygens (including phenoxy) is 2. The summed E-state index contributed by atoms with van der Waals surface area (Å²) in [6, 6.07) is 7.65. The van der Waals surface area contributed by atoms with Gasteiger partial charge in [-0.2, -0.15) is 0 Å². The lowest BCUT2D eigenvalue weighted by atomic mass is 9.87. The lowest BCUT2D eigenvalue weighted by molar-refractivity contribution is -0.0429. The molecule has 1 saturated heterocycles. The van der Waals surface area contributed by atoms with E-state index in [1.165, 1.54) is 22.8 Å². The number of fused-ring (bicyclic) bond motifs is 1. The van der Waals surface area contributed by atoms with Crippen molar-refractivity contribution in [2.24, 2.45) is 0 Å². The van der Waals surface area contributed by atoms with Crippen LogP contribution in [0.4, 0.5) is 16.3 Å². The number of amides is 1. The van der Waals surface area contributed by atoms with Crippen molar-refractivity contribution >= 4 is 28.8 Å². The zero-order valence-corrected chi connectivity index (χ0v) is 20.8. The Labute approximate surface area is 209 Å². The van der Waals surface area contributed by atoms with Gasteiger partial charge in [0.15, 0.2) is 17.7 Å². The van der Waals surface area contributed by atoms with E-state index < -0.39 is 30.6 Å². The smallest absolute Gasteiger partial charge is 0.411 e. The number of nitrogens with zero attached hydrogens (tertiary/aromatic N) is 5. The number of carbonyl (C=O) groups excluding carboxylic acids is 1. The van der Waals surface area contributed by atoms with Crippen molar-refractivity contribution in [2.45, 2.75) is 50.7 Å². The summed E-state index contributed by atoms with van der Waals surface area (Å²) >= 11 is 0. The molecule has 0 radical (unpaired) electrons. The molecule has 3 aromatic rings. The Bertz CT molecular complexity index is 1190. The SMILES string of the molecule is CN(CCOC(=O)Nc1ccc(C(C)(C)C)cc1)C[C@H]1OC(n2cnc3c(N)ncnc32)[C@H](O)[C@@H]1O. The van der Waals surface area contributed by atoms with Crippen LogP contribution in [0.3, 0.4) is 0 Å². The molecule has 12 heteroatoms. The lowest BCUT2D eigenvalue weighted by Crippen LogP contribution is -2.39. The second kappa shape index (κ2) is 10.3. The van der Waals surface area contributed by atoms with E-state index in [9.17, 15) is 15.0 Å². The molecule has 0 bridgehead atoms. The Morgan fingerprint density at radius 3 is 2.61 bits per heavy atom. The van der Waals surface area contributed by atoms with Gasteiger partial charge in [-0.05, 0) is 30.2 Å². The molecule has 194 valence electrons. The van der Waals surface area contributed by atoms with Gasteiger partial charge in [-0.1, -0.05) is 32.9 Å². The van der Waals surface area contributed by atoms with Crippen LogP contribution in [-0.4, -0.2) is 85.8 Å². The number of hydrogen-bond donors (Lipinski definition) is 4. The van der Waals surface area contributed by atoms with E-state index in [1.807, 2.05) is 36.2 Å². The average molecular weight is 500 g/mol. The molecule has 3 heterocycles. The summed E-state index contributed by atoms with van der Waals surface area (Å²) in [6.07, 6.45) is -1.68. The number of benzene rings is 1. The van der Waals surface area contributed by atoms with Crippen LogP contribution in [-0.2, 0) is 14.9 Å². The highest BCUT2D eigenvalue weighted by atomic mass is 16.6. The summed E-state index contributed by atoms with van der Waals surface area (Å²) in [5, 5.41) is 23.9. The van der Waals surface area contributed by atoms with Crippen molar-refractivity contribution in [3.63, 3.8) is 0 Å². The van der Waals surface area contributed by atoms with Crippen molar-refractivity contribution in [1.82, 2.24) is 24.4 Å². The Kier molecular flexibility index (Phi) is 7.41. The second-order valence-corrected chi connectivity index (χ2v) is 9.98. The predicted molar refractivity (Wildman–Crippen MR) is 133 cm³/mol. The van der Waals surface area contributed by atoms with Gasteiger partial charge in [-0.25, -0.2) is 19.7 Å². The summed E-state index contributed by atoms with van der Waals surface area (Å²) in [4.78, 5) is 26.2. The number of aliphatic hydroxyl groups is 2. The Hall–Kier alpha value is -3.32. The zero-order chi connectivity index (χ0) is 26.0. The minimum atomic E-state index is -1.19. The number of hydrogen-bond acceptors (Lipinski definition) is 10. The molecule has 2 aromatic heterocycles. The van der Waals surface area contributed by atoms with E-state index in [2.05, 4.69) is 41.0 Å². The number of nitrogens with one attached hydrogen (secondary N) is 1. The first-order chi connectivity index (χ1) is 17.0. The topological polar surface area (TPSA) is 161 Å². The van der Waals surface area contributed by atoms with Crippen LogP contribution < -0.4 is 11.1 Å². The van der Waals surface area contributed by atoms with E-state index in [-0.39, 0.29) is 17.8 Å². The summed E-state index contributed by atoms with van der Waals surface area (Å²) in [6.45, 7) is 7.23.